The average molecular weight is 216 g/mol. The van der Waals surface area contributed by atoms with E-state index in [9.17, 15) is 13.5 Å². The smallest absolute Gasteiger partial charge is 0.274 e. The number of aliphatic hydroxyl groups is 1. The normalized spacial score (nSPS) is 13.9. The van der Waals surface area contributed by atoms with Crippen molar-refractivity contribution in [2.24, 2.45) is 5.14 Å². The van der Waals surface area contributed by atoms with Crippen molar-refractivity contribution in [1.29, 1.82) is 0 Å². The quantitative estimate of drug-likeness (QED) is 0.634. The highest BCUT2D eigenvalue weighted by Gasteiger charge is 2.09. The molecule has 78 valence electrons. The number of nitrogens with one attached hydrogen (secondary N) is 1. The molecule has 0 fully saturated rings. The SMILES string of the molecule is NS(=O)(=O)NCC(O)c1ccccc1. The highest BCUT2D eigenvalue weighted by molar-refractivity contribution is 7.87. The molecule has 0 aliphatic rings. The zero-order valence-corrected chi connectivity index (χ0v) is 8.24. The molecule has 0 bridgehead atoms. The molecule has 0 heterocycles. The van der Waals surface area contributed by atoms with E-state index in [1.165, 1.54) is 0 Å². The maximum Gasteiger partial charge on any atom is 0.274 e. The molecule has 0 saturated carbocycles. The zero-order valence-electron chi connectivity index (χ0n) is 7.42. The van der Waals surface area contributed by atoms with Gasteiger partial charge in [-0.3, -0.25) is 0 Å². The summed E-state index contributed by atoms with van der Waals surface area (Å²) in [6.45, 7) is -0.122. The van der Waals surface area contributed by atoms with Crippen molar-refractivity contribution >= 4 is 10.2 Å². The van der Waals surface area contributed by atoms with E-state index >= 15 is 0 Å². The predicted molar refractivity (Wildman–Crippen MR) is 52.5 cm³/mol. The van der Waals surface area contributed by atoms with E-state index in [1.54, 1.807) is 24.3 Å². The van der Waals surface area contributed by atoms with Crippen molar-refractivity contribution in [3.05, 3.63) is 35.9 Å². The molecule has 4 N–H and O–H groups in total. The first kappa shape index (κ1) is 11.1. The van der Waals surface area contributed by atoms with Gasteiger partial charge in [-0.25, -0.2) is 5.14 Å². The highest BCUT2D eigenvalue weighted by Crippen LogP contribution is 2.10. The van der Waals surface area contributed by atoms with Crippen LogP contribution in [0.3, 0.4) is 0 Å². The first-order valence-corrected chi connectivity index (χ1v) is 5.54. The molecule has 6 heteroatoms. The van der Waals surface area contributed by atoms with E-state index in [2.05, 4.69) is 0 Å². The molecule has 1 rings (SSSR count). The molecule has 1 unspecified atom stereocenters. The molecule has 5 nitrogen and oxygen atoms in total. The van der Waals surface area contributed by atoms with Crippen LogP contribution in [0.1, 0.15) is 11.7 Å². The van der Waals surface area contributed by atoms with Gasteiger partial charge in [0.15, 0.2) is 0 Å². The fraction of sp³-hybridized carbons (Fsp3) is 0.250. The minimum atomic E-state index is -3.74. The van der Waals surface area contributed by atoms with Gasteiger partial charge in [0.25, 0.3) is 10.2 Å². The maximum absolute atomic E-state index is 10.5. The number of rotatable bonds is 4. The summed E-state index contributed by atoms with van der Waals surface area (Å²) in [7, 11) is -3.74. The summed E-state index contributed by atoms with van der Waals surface area (Å²) >= 11 is 0. The standard InChI is InChI=1S/C8H12N2O3S/c9-14(12,13)10-6-8(11)7-4-2-1-3-5-7/h1-5,8,10-11H,6H2,(H2,9,12,13). The van der Waals surface area contributed by atoms with Crippen LogP contribution in [-0.2, 0) is 10.2 Å². The van der Waals surface area contributed by atoms with E-state index in [0.29, 0.717) is 5.56 Å². The van der Waals surface area contributed by atoms with E-state index in [0.717, 1.165) is 0 Å². The molecular formula is C8H12N2O3S. The van der Waals surface area contributed by atoms with Gasteiger partial charge in [0.2, 0.25) is 0 Å². The molecule has 1 aromatic carbocycles. The van der Waals surface area contributed by atoms with Crippen molar-refractivity contribution in [2.75, 3.05) is 6.54 Å². The molecule has 0 radical (unpaired) electrons. The Morgan fingerprint density at radius 2 is 1.93 bits per heavy atom. The molecule has 0 amide bonds. The van der Waals surface area contributed by atoms with Gasteiger partial charge in [-0.1, -0.05) is 30.3 Å². The summed E-state index contributed by atoms with van der Waals surface area (Å²) in [4.78, 5) is 0. The van der Waals surface area contributed by atoms with Crippen molar-refractivity contribution in [3.63, 3.8) is 0 Å². The summed E-state index contributed by atoms with van der Waals surface area (Å²) in [5.41, 5.74) is 0.642. The lowest BCUT2D eigenvalue weighted by Crippen LogP contribution is -2.34. The van der Waals surface area contributed by atoms with Crippen LogP contribution in [0.5, 0.6) is 0 Å². The van der Waals surface area contributed by atoms with E-state index in [4.69, 9.17) is 5.14 Å². The number of hydrogen-bond donors (Lipinski definition) is 3. The zero-order chi connectivity index (χ0) is 10.6. The van der Waals surface area contributed by atoms with Crippen LogP contribution in [0.4, 0.5) is 0 Å². The van der Waals surface area contributed by atoms with E-state index in [-0.39, 0.29) is 6.54 Å². The molecule has 0 aliphatic carbocycles. The molecule has 0 aliphatic heterocycles. The highest BCUT2D eigenvalue weighted by atomic mass is 32.2. The molecule has 0 aromatic heterocycles. The van der Waals surface area contributed by atoms with Gasteiger partial charge < -0.3 is 5.11 Å². The van der Waals surface area contributed by atoms with Gasteiger partial charge in [-0.15, -0.1) is 0 Å². The summed E-state index contributed by atoms with van der Waals surface area (Å²) in [5, 5.41) is 14.2. The monoisotopic (exact) mass is 216 g/mol. The Morgan fingerprint density at radius 1 is 1.36 bits per heavy atom. The summed E-state index contributed by atoms with van der Waals surface area (Å²) in [5.74, 6) is 0. The molecular weight excluding hydrogens is 204 g/mol. The van der Waals surface area contributed by atoms with Gasteiger partial charge in [-0.2, -0.15) is 13.1 Å². The summed E-state index contributed by atoms with van der Waals surface area (Å²) in [6.07, 6.45) is -0.880. The van der Waals surface area contributed by atoms with Crippen LogP contribution in [-0.4, -0.2) is 20.1 Å². The largest absolute Gasteiger partial charge is 0.387 e. The van der Waals surface area contributed by atoms with Gasteiger partial charge >= 0.3 is 0 Å². The Bertz CT molecular complexity index is 377. The number of benzene rings is 1. The van der Waals surface area contributed by atoms with Gasteiger partial charge in [0.1, 0.15) is 0 Å². The lowest BCUT2D eigenvalue weighted by atomic mass is 10.1. The van der Waals surface area contributed by atoms with Gasteiger partial charge in [-0.05, 0) is 5.56 Å². The minimum Gasteiger partial charge on any atom is -0.387 e. The van der Waals surface area contributed by atoms with Crippen molar-refractivity contribution in [1.82, 2.24) is 4.72 Å². The summed E-state index contributed by atoms with van der Waals surface area (Å²) in [6, 6.07) is 8.74. The van der Waals surface area contributed by atoms with Crippen LogP contribution in [0.25, 0.3) is 0 Å². The number of nitrogens with two attached hydrogens (primary N) is 1. The lowest BCUT2D eigenvalue weighted by Gasteiger charge is -2.10. The topological polar surface area (TPSA) is 92.4 Å². The molecule has 0 spiro atoms. The first-order valence-electron chi connectivity index (χ1n) is 3.99. The predicted octanol–water partition coefficient (Wildman–Crippen LogP) is -0.487. The second-order valence-corrected chi connectivity index (χ2v) is 4.20. The van der Waals surface area contributed by atoms with Crippen molar-refractivity contribution in [2.45, 2.75) is 6.10 Å². The Labute approximate surface area is 82.7 Å². The Kier molecular flexibility index (Phi) is 3.59. The maximum atomic E-state index is 10.5. The molecule has 0 saturated heterocycles. The first-order chi connectivity index (χ1) is 6.49. The lowest BCUT2D eigenvalue weighted by molar-refractivity contribution is 0.182. The second-order valence-electron chi connectivity index (χ2n) is 2.82. The van der Waals surface area contributed by atoms with Crippen LogP contribution in [0.2, 0.25) is 0 Å². The third-order valence-electron chi connectivity index (χ3n) is 1.66. The number of aliphatic hydroxyl groups excluding tert-OH is 1. The Hall–Kier alpha value is -0.950. The van der Waals surface area contributed by atoms with Crippen LogP contribution < -0.4 is 9.86 Å². The van der Waals surface area contributed by atoms with Crippen molar-refractivity contribution < 1.29 is 13.5 Å². The van der Waals surface area contributed by atoms with E-state index < -0.39 is 16.3 Å². The second kappa shape index (κ2) is 4.52. The van der Waals surface area contributed by atoms with Gasteiger partial charge in [0, 0.05) is 6.54 Å². The minimum absolute atomic E-state index is 0.122. The number of hydrogen-bond acceptors (Lipinski definition) is 3. The van der Waals surface area contributed by atoms with Crippen LogP contribution >= 0.6 is 0 Å². The van der Waals surface area contributed by atoms with Crippen LogP contribution in [0, 0.1) is 0 Å². The molecule has 14 heavy (non-hydrogen) atoms. The van der Waals surface area contributed by atoms with Gasteiger partial charge in [0.05, 0.1) is 6.10 Å². The summed E-state index contributed by atoms with van der Waals surface area (Å²) < 4.78 is 23.1. The third kappa shape index (κ3) is 3.84. The van der Waals surface area contributed by atoms with E-state index in [1.807, 2.05) is 10.8 Å². The fourth-order valence-corrected chi connectivity index (χ4v) is 1.38. The molecule has 1 atom stereocenters. The Balaban J connectivity index is 2.56. The third-order valence-corrected chi connectivity index (χ3v) is 2.23. The molecule has 1 aromatic rings. The fourth-order valence-electron chi connectivity index (χ4n) is 0.988. The Morgan fingerprint density at radius 3 is 2.43 bits per heavy atom. The van der Waals surface area contributed by atoms with Crippen molar-refractivity contribution in [3.8, 4) is 0 Å². The average Bonchev–Trinajstić information content (AvgIpc) is 2.14. The van der Waals surface area contributed by atoms with Crippen LogP contribution in [0.15, 0.2) is 30.3 Å².